The molecule has 0 radical (unpaired) electrons. The fraction of sp³-hybridized carbons (Fsp3) is 0.167. The lowest BCUT2D eigenvalue weighted by molar-refractivity contribution is -0.115. The number of nitrogens with one attached hydrogen (secondary N) is 1. The number of para-hydroxylation sites is 1. The van der Waals surface area contributed by atoms with Crippen molar-refractivity contribution in [1.29, 1.82) is 5.26 Å². The standard InChI is InChI=1S/C18H16N6OS/c1-12-8-16(21-11-20-12)26-13(2)18(25)23-17-14(9-19)10-22-24(17)15-6-4-3-5-7-15/h3-8,10-11,13H,1-2H3,(H,23,25). The number of carbonyl (C=O) groups is 1. The highest BCUT2D eigenvalue weighted by molar-refractivity contribution is 8.00. The Labute approximate surface area is 155 Å². The van der Waals surface area contributed by atoms with Gasteiger partial charge in [-0.2, -0.15) is 10.4 Å². The van der Waals surface area contributed by atoms with Gasteiger partial charge < -0.3 is 5.32 Å². The maximum absolute atomic E-state index is 12.6. The lowest BCUT2D eigenvalue weighted by Gasteiger charge is -2.13. The summed E-state index contributed by atoms with van der Waals surface area (Å²) in [6, 6.07) is 13.2. The second-order valence-electron chi connectivity index (χ2n) is 5.51. The van der Waals surface area contributed by atoms with E-state index in [0.29, 0.717) is 11.4 Å². The molecular weight excluding hydrogens is 348 g/mol. The monoisotopic (exact) mass is 364 g/mol. The summed E-state index contributed by atoms with van der Waals surface area (Å²) in [5.74, 6) is 0.121. The molecule has 2 heterocycles. The minimum atomic E-state index is -0.407. The topological polar surface area (TPSA) is 96.5 Å². The molecule has 3 aromatic rings. The lowest BCUT2D eigenvalue weighted by atomic mass is 10.3. The van der Waals surface area contributed by atoms with E-state index in [1.807, 2.05) is 43.3 Å². The molecule has 8 heteroatoms. The third-order valence-corrected chi connectivity index (χ3v) is 4.61. The number of nitriles is 1. The van der Waals surface area contributed by atoms with E-state index in [9.17, 15) is 10.1 Å². The van der Waals surface area contributed by atoms with Crippen molar-refractivity contribution in [1.82, 2.24) is 19.7 Å². The van der Waals surface area contributed by atoms with Crippen molar-refractivity contribution in [2.45, 2.75) is 24.1 Å². The van der Waals surface area contributed by atoms with Gasteiger partial charge in [-0.25, -0.2) is 14.6 Å². The first-order valence-corrected chi connectivity index (χ1v) is 8.76. The smallest absolute Gasteiger partial charge is 0.238 e. The Hall–Kier alpha value is -3.18. The maximum Gasteiger partial charge on any atom is 0.238 e. The molecule has 3 rings (SSSR count). The van der Waals surface area contributed by atoms with Crippen LogP contribution in [0.2, 0.25) is 0 Å². The zero-order valence-corrected chi connectivity index (χ0v) is 15.1. The number of thioether (sulfide) groups is 1. The van der Waals surface area contributed by atoms with Gasteiger partial charge in [0.25, 0.3) is 0 Å². The molecule has 130 valence electrons. The van der Waals surface area contributed by atoms with E-state index in [1.165, 1.54) is 24.3 Å². The van der Waals surface area contributed by atoms with Crippen LogP contribution >= 0.6 is 11.8 Å². The van der Waals surface area contributed by atoms with Gasteiger partial charge in [0.15, 0.2) is 5.82 Å². The fourth-order valence-electron chi connectivity index (χ4n) is 2.26. The Balaban J connectivity index is 1.81. The van der Waals surface area contributed by atoms with E-state index in [4.69, 9.17) is 0 Å². The van der Waals surface area contributed by atoms with Crippen LogP contribution in [0.4, 0.5) is 5.82 Å². The second kappa shape index (κ2) is 7.80. The van der Waals surface area contributed by atoms with Crippen molar-refractivity contribution < 1.29 is 4.79 Å². The van der Waals surface area contributed by atoms with Crippen LogP contribution in [0.25, 0.3) is 5.69 Å². The number of hydrogen-bond acceptors (Lipinski definition) is 6. The van der Waals surface area contributed by atoms with Crippen LogP contribution in [-0.2, 0) is 4.79 Å². The van der Waals surface area contributed by atoms with Gasteiger partial charge in [0.2, 0.25) is 5.91 Å². The first-order valence-electron chi connectivity index (χ1n) is 7.88. The van der Waals surface area contributed by atoms with E-state index < -0.39 is 5.25 Å². The van der Waals surface area contributed by atoms with Crippen molar-refractivity contribution in [3.05, 3.63) is 60.2 Å². The molecule has 1 atom stereocenters. The molecular formula is C18H16N6OS. The summed E-state index contributed by atoms with van der Waals surface area (Å²) in [7, 11) is 0. The normalized spacial score (nSPS) is 11.6. The first-order chi connectivity index (χ1) is 12.6. The van der Waals surface area contributed by atoms with Crippen LogP contribution in [-0.4, -0.2) is 30.9 Å². The van der Waals surface area contributed by atoms with E-state index in [1.54, 1.807) is 11.6 Å². The summed E-state index contributed by atoms with van der Waals surface area (Å²) in [6.45, 7) is 3.65. The van der Waals surface area contributed by atoms with Gasteiger partial charge in [-0.05, 0) is 32.0 Å². The van der Waals surface area contributed by atoms with Gasteiger partial charge in [-0.1, -0.05) is 30.0 Å². The number of anilines is 1. The SMILES string of the molecule is Cc1cc(SC(C)C(=O)Nc2c(C#N)cnn2-c2ccccc2)ncn1. The van der Waals surface area contributed by atoms with Gasteiger partial charge in [0, 0.05) is 5.69 Å². The Morgan fingerprint density at radius 1 is 1.31 bits per heavy atom. The highest BCUT2D eigenvalue weighted by Gasteiger charge is 2.20. The Bertz CT molecular complexity index is 963. The predicted octanol–water partition coefficient (Wildman–Crippen LogP) is 2.96. The molecule has 0 bridgehead atoms. The molecule has 0 saturated heterocycles. The molecule has 0 spiro atoms. The number of nitrogens with zero attached hydrogens (tertiary/aromatic N) is 5. The number of carbonyl (C=O) groups excluding carboxylic acids is 1. The number of rotatable bonds is 5. The number of benzene rings is 1. The molecule has 2 aromatic heterocycles. The van der Waals surface area contributed by atoms with Crippen LogP contribution in [0.1, 0.15) is 18.2 Å². The largest absolute Gasteiger partial charge is 0.309 e. The predicted molar refractivity (Wildman–Crippen MR) is 99.0 cm³/mol. The average Bonchev–Trinajstić information content (AvgIpc) is 3.05. The van der Waals surface area contributed by atoms with Crippen molar-refractivity contribution in [3.63, 3.8) is 0 Å². The van der Waals surface area contributed by atoms with E-state index in [-0.39, 0.29) is 5.91 Å². The van der Waals surface area contributed by atoms with Crippen molar-refractivity contribution >= 4 is 23.5 Å². The fourth-order valence-corrected chi connectivity index (χ4v) is 3.14. The minimum Gasteiger partial charge on any atom is -0.309 e. The zero-order valence-electron chi connectivity index (χ0n) is 14.2. The van der Waals surface area contributed by atoms with Crippen LogP contribution in [0.3, 0.4) is 0 Å². The van der Waals surface area contributed by atoms with E-state index >= 15 is 0 Å². The molecule has 1 unspecified atom stereocenters. The van der Waals surface area contributed by atoms with Gasteiger partial charge >= 0.3 is 0 Å². The van der Waals surface area contributed by atoms with Gasteiger partial charge in [0.1, 0.15) is 23.0 Å². The van der Waals surface area contributed by atoms with Crippen molar-refractivity contribution in [3.8, 4) is 11.8 Å². The van der Waals surface area contributed by atoms with Crippen LogP contribution in [0.15, 0.2) is 53.9 Å². The van der Waals surface area contributed by atoms with Gasteiger partial charge in [0.05, 0.1) is 17.1 Å². The van der Waals surface area contributed by atoms with Crippen molar-refractivity contribution in [2.24, 2.45) is 0 Å². The molecule has 0 saturated carbocycles. The molecule has 1 amide bonds. The third kappa shape index (κ3) is 3.90. The Kier molecular flexibility index (Phi) is 5.29. The maximum atomic E-state index is 12.6. The third-order valence-electron chi connectivity index (χ3n) is 3.58. The zero-order chi connectivity index (χ0) is 18.5. The lowest BCUT2D eigenvalue weighted by Crippen LogP contribution is -2.24. The van der Waals surface area contributed by atoms with Crippen molar-refractivity contribution in [2.75, 3.05) is 5.32 Å². The van der Waals surface area contributed by atoms with Gasteiger partial charge in [-0.15, -0.1) is 0 Å². The summed E-state index contributed by atoms with van der Waals surface area (Å²) < 4.78 is 1.54. The van der Waals surface area contributed by atoms with Crippen LogP contribution in [0, 0.1) is 18.3 Å². The highest BCUT2D eigenvalue weighted by atomic mass is 32.2. The molecule has 0 aliphatic heterocycles. The summed E-state index contributed by atoms with van der Waals surface area (Å²) in [4.78, 5) is 20.8. The van der Waals surface area contributed by atoms with E-state index in [0.717, 1.165) is 16.4 Å². The Morgan fingerprint density at radius 3 is 2.77 bits per heavy atom. The Morgan fingerprint density at radius 2 is 2.08 bits per heavy atom. The number of aromatic nitrogens is 4. The summed E-state index contributed by atoms with van der Waals surface area (Å²) in [6.07, 6.45) is 2.91. The molecule has 1 N–H and O–H groups in total. The molecule has 7 nitrogen and oxygen atoms in total. The molecule has 26 heavy (non-hydrogen) atoms. The second-order valence-corrected chi connectivity index (χ2v) is 6.87. The van der Waals surface area contributed by atoms with E-state index in [2.05, 4.69) is 26.5 Å². The minimum absolute atomic E-state index is 0.236. The van der Waals surface area contributed by atoms with Crippen LogP contribution < -0.4 is 5.32 Å². The van der Waals surface area contributed by atoms with Gasteiger partial charge in [-0.3, -0.25) is 4.79 Å². The number of hydrogen-bond donors (Lipinski definition) is 1. The summed E-state index contributed by atoms with van der Waals surface area (Å²) in [5, 5.41) is 16.7. The molecule has 0 aliphatic carbocycles. The molecule has 0 aliphatic rings. The quantitative estimate of drug-likeness (QED) is 0.552. The number of aryl methyl sites for hydroxylation is 1. The molecule has 0 fully saturated rings. The summed E-state index contributed by atoms with van der Waals surface area (Å²) in [5.41, 5.74) is 1.90. The first kappa shape index (κ1) is 17.6. The molecule has 1 aromatic carbocycles. The summed E-state index contributed by atoms with van der Waals surface area (Å²) >= 11 is 1.33. The van der Waals surface area contributed by atoms with Crippen LogP contribution in [0.5, 0.6) is 0 Å². The number of amides is 1. The average molecular weight is 364 g/mol. The highest BCUT2D eigenvalue weighted by Crippen LogP contribution is 2.24.